The Kier molecular flexibility index (Phi) is 5.75. The summed E-state index contributed by atoms with van der Waals surface area (Å²) in [6.45, 7) is 4.09. The number of halogens is 1. The molecule has 2 aromatic rings. The zero-order valence-corrected chi connectivity index (χ0v) is 13.8. The molecule has 1 atom stereocenters. The Hall–Kier alpha value is -1.65. The molecule has 0 amide bonds. The molecule has 2 heterocycles. The van der Waals surface area contributed by atoms with Gasteiger partial charge in [0.2, 0.25) is 0 Å². The van der Waals surface area contributed by atoms with Crippen molar-refractivity contribution in [2.75, 3.05) is 20.2 Å². The van der Waals surface area contributed by atoms with Crippen molar-refractivity contribution in [1.82, 2.24) is 15.3 Å². The van der Waals surface area contributed by atoms with Gasteiger partial charge in [-0.1, -0.05) is 12.1 Å². The molecule has 0 spiro atoms. The lowest BCUT2D eigenvalue weighted by Gasteiger charge is -2.11. The second kappa shape index (κ2) is 7.56. The number of hydrogen-bond donors (Lipinski definition) is 1. The first-order valence-electron chi connectivity index (χ1n) is 7.42. The van der Waals surface area contributed by atoms with E-state index in [1.165, 1.54) is 17.7 Å². The van der Waals surface area contributed by atoms with Gasteiger partial charge in [0.15, 0.2) is 0 Å². The molecule has 1 fully saturated rings. The summed E-state index contributed by atoms with van der Waals surface area (Å²) in [6.07, 6.45) is 2.00. The number of methoxy groups -OCH3 is 1. The highest BCUT2D eigenvalue weighted by Crippen LogP contribution is 2.22. The molecule has 1 aromatic heterocycles. The van der Waals surface area contributed by atoms with Crippen LogP contribution < -0.4 is 10.1 Å². The molecule has 1 saturated heterocycles. The molecule has 0 bridgehead atoms. The van der Waals surface area contributed by atoms with Gasteiger partial charge in [-0.2, -0.15) is 0 Å². The van der Waals surface area contributed by atoms with E-state index in [1.54, 1.807) is 7.11 Å². The molecule has 0 aliphatic carbocycles. The number of aryl methyl sites for hydroxylation is 1. The Labute approximate surface area is 137 Å². The third-order valence-electron chi connectivity index (χ3n) is 3.93. The molecule has 118 valence electrons. The van der Waals surface area contributed by atoms with Gasteiger partial charge in [0.1, 0.15) is 11.6 Å². The number of aromatic nitrogens is 2. The number of rotatable bonds is 4. The van der Waals surface area contributed by atoms with Crippen LogP contribution in [0.2, 0.25) is 0 Å². The number of ether oxygens (including phenoxy) is 1. The topological polar surface area (TPSA) is 47.0 Å². The number of benzene rings is 1. The normalized spacial score (nSPS) is 17.1. The standard InChI is InChI=1S/C17H21N3O.ClH/c1-12-19-15(9-13-3-5-16(21-2)6-4-13)10-17(20-12)14-7-8-18-11-14;/h3-6,10,14,18H,7-9,11H2,1-2H3;1H. The van der Waals surface area contributed by atoms with E-state index < -0.39 is 0 Å². The first-order valence-corrected chi connectivity index (χ1v) is 7.42. The zero-order chi connectivity index (χ0) is 14.7. The van der Waals surface area contributed by atoms with Gasteiger partial charge in [-0.05, 0) is 43.7 Å². The van der Waals surface area contributed by atoms with Crippen LogP contribution in [0, 0.1) is 6.92 Å². The summed E-state index contributed by atoms with van der Waals surface area (Å²) in [6, 6.07) is 10.3. The fourth-order valence-electron chi connectivity index (χ4n) is 2.81. The summed E-state index contributed by atoms with van der Waals surface area (Å²) in [5.41, 5.74) is 3.51. The minimum absolute atomic E-state index is 0. The minimum Gasteiger partial charge on any atom is -0.497 e. The van der Waals surface area contributed by atoms with E-state index in [4.69, 9.17) is 4.74 Å². The average Bonchev–Trinajstić information content (AvgIpc) is 3.02. The van der Waals surface area contributed by atoms with E-state index in [0.29, 0.717) is 5.92 Å². The second-order valence-electron chi connectivity index (χ2n) is 5.55. The Balaban J connectivity index is 0.00000176. The van der Waals surface area contributed by atoms with Crippen LogP contribution in [0.3, 0.4) is 0 Å². The summed E-state index contributed by atoms with van der Waals surface area (Å²) in [5, 5.41) is 3.40. The van der Waals surface area contributed by atoms with E-state index >= 15 is 0 Å². The van der Waals surface area contributed by atoms with Crippen LogP contribution in [-0.2, 0) is 6.42 Å². The lowest BCUT2D eigenvalue weighted by Crippen LogP contribution is -2.10. The van der Waals surface area contributed by atoms with Crippen molar-refractivity contribution in [2.45, 2.75) is 25.7 Å². The molecule has 0 radical (unpaired) electrons. The summed E-state index contributed by atoms with van der Waals surface area (Å²) >= 11 is 0. The maximum absolute atomic E-state index is 5.19. The summed E-state index contributed by atoms with van der Waals surface area (Å²) in [7, 11) is 1.69. The molecule has 3 rings (SSSR count). The average molecular weight is 320 g/mol. The van der Waals surface area contributed by atoms with E-state index in [-0.39, 0.29) is 12.4 Å². The van der Waals surface area contributed by atoms with E-state index in [1.807, 2.05) is 19.1 Å². The fourth-order valence-corrected chi connectivity index (χ4v) is 2.81. The van der Waals surface area contributed by atoms with Crippen LogP contribution in [0.5, 0.6) is 5.75 Å². The molecule has 1 aliphatic rings. The van der Waals surface area contributed by atoms with E-state index in [2.05, 4.69) is 33.5 Å². The number of nitrogens with one attached hydrogen (secondary N) is 1. The molecule has 1 unspecified atom stereocenters. The molecule has 1 aliphatic heterocycles. The highest BCUT2D eigenvalue weighted by Gasteiger charge is 2.19. The van der Waals surface area contributed by atoms with Crippen molar-refractivity contribution in [3.05, 3.63) is 53.1 Å². The molecular weight excluding hydrogens is 298 g/mol. The Morgan fingerprint density at radius 2 is 2.00 bits per heavy atom. The van der Waals surface area contributed by atoms with Crippen LogP contribution in [-0.4, -0.2) is 30.2 Å². The van der Waals surface area contributed by atoms with Crippen LogP contribution in [0.1, 0.15) is 35.1 Å². The maximum atomic E-state index is 5.19. The van der Waals surface area contributed by atoms with Crippen LogP contribution in [0.4, 0.5) is 0 Å². The Morgan fingerprint density at radius 3 is 2.64 bits per heavy atom. The van der Waals surface area contributed by atoms with Gasteiger partial charge in [-0.3, -0.25) is 0 Å². The SMILES string of the molecule is COc1ccc(Cc2cc(C3CCNC3)nc(C)n2)cc1.Cl. The molecule has 22 heavy (non-hydrogen) atoms. The molecule has 4 nitrogen and oxygen atoms in total. The Bertz CT molecular complexity index is 610. The highest BCUT2D eigenvalue weighted by atomic mass is 35.5. The second-order valence-corrected chi connectivity index (χ2v) is 5.55. The van der Waals surface area contributed by atoms with Crippen molar-refractivity contribution >= 4 is 12.4 Å². The Morgan fingerprint density at radius 1 is 1.23 bits per heavy atom. The van der Waals surface area contributed by atoms with E-state index in [0.717, 1.165) is 36.8 Å². The van der Waals surface area contributed by atoms with Gasteiger partial charge >= 0.3 is 0 Å². The van der Waals surface area contributed by atoms with Gasteiger partial charge in [-0.25, -0.2) is 9.97 Å². The number of nitrogens with zero attached hydrogens (tertiary/aromatic N) is 2. The summed E-state index contributed by atoms with van der Waals surface area (Å²) in [5.74, 6) is 2.28. The minimum atomic E-state index is 0. The van der Waals surface area contributed by atoms with Crippen molar-refractivity contribution in [3.8, 4) is 5.75 Å². The van der Waals surface area contributed by atoms with Crippen molar-refractivity contribution < 1.29 is 4.74 Å². The van der Waals surface area contributed by atoms with Crippen LogP contribution in [0.25, 0.3) is 0 Å². The molecule has 1 aromatic carbocycles. The monoisotopic (exact) mass is 319 g/mol. The quantitative estimate of drug-likeness (QED) is 0.941. The predicted molar refractivity (Wildman–Crippen MR) is 90.0 cm³/mol. The molecule has 0 saturated carbocycles. The van der Waals surface area contributed by atoms with Crippen molar-refractivity contribution in [2.24, 2.45) is 0 Å². The highest BCUT2D eigenvalue weighted by molar-refractivity contribution is 5.85. The summed E-state index contributed by atoms with van der Waals surface area (Å²) < 4.78 is 5.19. The van der Waals surface area contributed by atoms with Gasteiger partial charge in [0.25, 0.3) is 0 Å². The molecular formula is C17H22ClN3O. The largest absolute Gasteiger partial charge is 0.497 e. The number of hydrogen-bond acceptors (Lipinski definition) is 4. The molecule has 1 N–H and O–H groups in total. The zero-order valence-electron chi connectivity index (χ0n) is 13.0. The summed E-state index contributed by atoms with van der Waals surface area (Å²) in [4.78, 5) is 9.19. The molecule has 5 heteroatoms. The fraction of sp³-hybridized carbons (Fsp3) is 0.412. The van der Waals surface area contributed by atoms with Crippen LogP contribution in [0.15, 0.2) is 30.3 Å². The third kappa shape index (κ3) is 3.96. The van der Waals surface area contributed by atoms with Gasteiger partial charge < -0.3 is 10.1 Å². The maximum Gasteiger partial charge on any atom is 0.125 e. The first kappa shape index (κ1) is 16.7. The van der Waals surface area contributed by atoms with Crippen LogP contribution >= 0.6 is 12.4 Å². The van der Waals surface area contributed by atoms with E-state index in [9.17, 15) is 0 Å². The first-order chi connectivity index (χ1) is 10.2. The smallest absolute Gasteiger partial charge is 0.125 e. The lowest BCUT2D eigenvalue weighted by atomic mass is 10.0. The van der Waals surface area contributed by atoms with Crippen molar-refractivity contribution in [1.29, 1.82) is 0 Å². The van der Waals surface area contributed by atoms with Crippen molar-refractivity contribution in [3.63, 3.8) is 0 Å². The van der Waals surface area contributed by atoms with Gasteiger partial charge in [-0.15, -0.1) is 12.4 Å². The lowest BCUT2D eigenvalue weighted by molar-refractivity contribution is 0.414. The predicted octanol–water partition coefficient (Wildman–Crippen LogP) is 2.88. The van der Waals surface area contributed by atoms with Gasteiger partial charge in [0, 0.05) is 30.3 Å². The van der Waals surface area contributed by atoms with Gasteiger partial charge in [0.05, 0.1) is 7.11 Å². The third-order valence-corrected chi connectivity index (χ3v) is 3.93.